The van der Waals surface area contributed by atoms with Crippen LogP contribution in [0.5, 0.6) is 11.5 Å². The molecule has 0 aliphatic heterocycles. The van der Waals surface area contributed by atoms with E-state index < -0.39 is 0 Å². The molecule has 192 valence electrons. The Hall–Kier alpha value is -3.81. The summed E-state index contributed by atoms with van der Waals surface area (Å²) in [5, 5.41) is 18.4. The number of pyridine rings is 1. The highest BCUT2D eigenvalue weighted by Crippen LogP contribution is 2.39. The molecule has 0 amide bonds. The molecular weight excluding hydrogens is 468 g/mol. The first-order valence-corrected chi connectivity index (χ1v) is 12.8. The van der Waals surface area contributed by atoms with E-state index in [9.17, 15) is 9.90 Å². The standard InChI is InChI=1S/C28H32N6O3/c1-34(16-31-33-29)21-9-7-20(8-10-21)32-27-22-13-18(19-6-12-25(35)26(14-19)37-2)5-11-24(22)30-15-23(27)28(36)17-3-4-17/h5-6,11-15,17,20-21,35H,3-4,7-10,16H2,1-2H3,(H,30,32). The van der Waals surface area contributed by atoms with Gasteiger partial charge in [-0.15, -0.1) is 0 Å². The monoisotopic (exact) mass is 500 g/mol. The number of anilines is 1. The van der Waals surface area contributed by atoms with Gasteiger partial charge in [0.25, 0.3) is 0 Å². The predicted octanol–water partition coefficient (Wildman–Crippen LogP) is 6.13. The third-order valence-electron chi connectivity index (χ3n) is 7.61. The molecular formula is C28H32N6O3. The van der Waals surface area contributed by atoms with E-state index in [-0.39, 0.29) is 23.5 Å². The van der Waals surface area contributed by atoms with Crippen LogP contribution < -0.4 is 10.1 Å². The van der Waals surface area contributed by atoms with E-state index >= 15 is 0 Å². The van der Waals surface area contributed by atoms with Crippen LogP contribution in [0.3, 0.4) is 0 Å². The van der Waals surface area contributed by atoms with Gasteiger partial charge in [-0.2, -0.15) is 0 Å². The fraction of sp³-hybridized carbons (Fsp3) is 0.429. The molecule has 5 rings (SSSR count). The molecule has 2 aromatic carbocycles. The fourth-order valence-corrected chi connectivity index (χ4v) is 5.25. The molecule has 0 saturated heterocycles. The van der Waals surface area contributed by atoms with Gasteiger partial charge in [-0.3, -0.25) is 14.7 Å². The number of ketones is 1. The SMILES string of the molecule is COc1cc(-c2ccc3ncc(C(=O)C4CC4)c(NC4CCC(N(C)CN=[N+]=[N-])CC4)c3c2)ccc1O. The lowest BCUT2D eigenvalue weighted by atomic mass is 9.89. The van der Waals surface area contributed by atoms with E-state index in [1.165, 1.54) is 7.11 Å². The van der Waals surface area contributed by atoms with E-state index in [2.05, 4.69) is 31.3 Å². The van der Waals surface area contributed by atoms with Gasteiger partial charge < -0.3 is 15.2 Å². The summed E-state index contributed by atoms with van der Waals surface area (Å²) < 4.78 is 5.30. The van der Waals surface area contributed by atoms with Crippen LogP contribution in [0.15, 0.2) is 47.7 Å². The lowest BCUT2D eigenvalue weighted by molar-refractivity contribution is 0.0968. The zero-order chi connectivity index (χ0) is 25.9. The molecule has 0 bridgehead atoms. The normalized spacial score (nSPS) is 19.4. The summed E-state index contributed by atoms with van der Waals surface area (Å²) in [6, 6.07) is 11.9. The maximum Gasteiger partial charge on any atom is 0.169 e. The van der Waals surface area contributed by atoms with Crippen LogP contribution in [0.25, 0.3) is 32.5 Å². The Kier molecular flexibility index (Phi) is 7.17. The van der Waals surface area contributed by atoms with Gasteiger partial charge in [0.05, 0.1) is 30.5 Å². The fourth-order valence-electron chi connectivity index (χ4n) is 5.25. The zero-order valence-electron chi connectivity index (χ0n) is 21.2. The number of hydrogen-bond acceptors (Lipinski definition) is 7. The summed E-state index contributed by atoms with van der Waals surface area (Å²) in [5.74, 6) is 0.758. The Morgan fingerprint density at radius 3 is 2.59 bits per heavy atom. The minimum atomic E-state index is 0.0917. The first-order chi connectivity index (χ1) is 18.0. The first-order valence-electron chi connectivity index (χ1n) is 12.8. The second-order valence-electron chi connectivity index (χ2n) is 10.1. The number of rotatable bonds is 9. The van der Waals surface area contributed by atoms with Crippen LogP contribution in [0.1, 0.15) is 48.9 Å². The number of aromatic hydroxyl groups is 1. The van der Waals surface area contributed by atoms with Gasteiger partial charge in [-0.1, -0.05) is 17.2 Å². The highest BCUT2D eigenvalue weighted by Gasteiger charge is 2.33. The van der Waals surface area contributed by atoms with E-state index in [4.69, 9.17) is 10.3 Å². The smallest absolute Gasteiger partial charge is 0.169 e. The number of nitrogens with one attached hydrogen (secondary N) is 1. The largest absolute Gasteiger partial charge is 0.504 e. The second-order valence-corrected chi connectivity index (χ2v) is 10.1. The summed E-state index contributed by atoms with van der Waals surface area (Å²) in [6.07, 6.45) is 7.50. The highest BCUT2D eigenvalue weighted by atomic mass is 16.5. The average Bonchev–Trinajstić information content (AvgIpc) is 3.78. The maximum atomic E-state index is 13.3. The Balaban J connectivity index is 1.47. The van der Waals surface area contributed by atoms with Crippen LogP contribution >= 0.6 is 0 Å². The number of fused-ring (bicyclic) bond motifs is 1. The average molecular weight is 501 g/mol. The van der Waals surface area contributed by atoms with E-state index in [1.807, 2.05) is 31.3 Å². The second kappa shape index (κ2) is 10.7. The number of ether oxygens (including phenoxy) is 1. The Morgan fingerprint density at radius 2 is 1.89 bits per heavy atom. The van der Waals surface area contributed by atoms with Crippen LogP contribution in [0.4, 0.5) is 5.69 Å². The molecule has 9 nitrogen and oxygen atoms in total. The van der Waals surface area contributed by atoms with Crippen molar-refractivity contribution in [3.63, 3.8) is 0 Å². The quantitative estimate of drug-likeness (QED) is 0.158. The van der Waals surface area contributed by atoms with Crippen molar-refractivity contribution in [1.29, 1.82) is 0 Å². The molecule has 0 radical (unpaired) electrons. The molecule has 2 saturated carbocycles. The zero-order valence-corrected chi connectivity index (χ0v) is 21.2. The van der Waals surface area contributed by atoms with E-state index in [1.54, 1.807) is 12.3 Å². The molecule has 0 atom stereocenters. The summed E-state index contributed by atoms with van der Waals surface area (Å²) >= 11 is 0. The van der Waals surface area contributed by atoms with Gasteiger partial charge in [0, 0.05) is 34.5 Å². The van der Waals surface area contributed by atoms with Crippen molar-refractivity contribution in [2.75, 3.05) is 26.1 Å². The van der Waals surface area contributed by atoms with Crippen LogP contribution in [0.2, 0.25) is 0 Å². The molecule has 0 spiro atoms. The minimum Gasteiger partial charge on any atom is -0.504 e. The Labute approximate surface area is 216 Å². The van der Waals surface area contributed by atoms with Crippen LogP contribution in [-0.4, -0.2) is 53.7 Å². The first kappa shape index (κ1) is 24.9. The molecule has 2 aliphatic carbocycles. The van der Waals surface area contributed by atoms with Gasteiger partial charge in [-0.05, 0) is 86.5 Å². The predicted molar refractivity (Wildman–Crippen MR) is 144 cm³/mol. The number of azide groups is 1. The number of carbonyl (C=O) groups is 1. The van der Waals surface area contributed by atoms with Crippen LogP contribution in [-0.2, 0) is 0 Å². The molecule has 9 heteroatoms. The molecule has 2 N–H and O–H groups in total. The summed E-state index contributed by atoms with van der Waals surface area (Å²) in [5.41, 5.74) is 12.8. The van der Waals surface area contributed by atoms with Crippen molar-refractivity contribution >= 4 is 22.4 Å². The number of phenols is 1. The molecule has 0 unspecified atom stereocenters. The van der Waals surface area contributed by atoms with Gasteiger partial charge in [0.1, 0.15) is 0 Å². The number of nitrogens with zero attached hydrogens (tertiary/aromatic N) is 5. The van der Waals surface area contributed by atoms with Crippen molar-refractivity contribution in [1.82, 2.24) is 9.88 Å². The molecule has 1 heterocycles. The topological polar surface area (TPSA) is 123 Å². The van der Waals surface area contributed by atoms with E-state index in [0.29, 0.717) is 24.0 Å². The summed E-state index contributed by atoms with van der Waals surface area (Å²) in [6.45, 7) is 0.374. The van der Waals surface area contributed by atoms with Crippen molar-refractivity contribution in [3.8, 4) is 22.6 Å². The lowest BCUT2D eigenvalue weighted by Gasteiger charge is -2.35. The number of phenolic OH excluding ortho intramolecular Hbond substituents is 1. The van der Waals surface area contributed by atoms with Gasteiger partial charge in [0.15, 0.2) is 17.3 Å². The lowest BCUT2D eigenvalue weighted by Crippen LogP contribution is -2.38. The third-order valence-corrected chi connectivity index (χ3v) is 7.61. The molecule has 2 fully saturated rings. The highest BCUT2D eigenvalue weighted by molar-refractivity contribution is 6.10. The van der Waals surface area contributed by atoms with Crippen molar-refractivity contribution < 1.29 is 14.6 Å². The summed E-state index contributed by atoms with van der Waals surface area (Å²) in [7, 11) is 3.53. The third kappa shape index (κ3) is 5.33. The number of aromatic nitrogens is 1. The molecule has 1 aromatic heterocycles. The molecule has 37 heavy (non-hydrogen) atoms. The maximum absolute atomic E-state index is 13.3. The number of hydrogen-bond donors (Lipinski definition) is 2. The number of methoxy groups -OCH3 is 1. The van der Waals surface area contributed by atoms with E-state index in [0.717, 1.165) is 66.2 Å². The Bertz CT molecular complexity index is 1360. The van der Waals surface area contributed by atoms with Crippen molar-refractivity contribution in [3.05, 3.63) is 58.6 Å². The summed E-state index contributed by atoms with van der Waals surface area (Å²) in [4.78, 5) is 22.9. The number of benzene rings is 2. The molecule has 3 aromatic rings. The van der Waals surface area contributed by atoms with Gasteiger partial charge in [-0.25, -0.2) is 0 Å². The molecule has 2 aliphatic rings. The van der Waals surface area contributed by atoms with Gasteiger partial charge in [0.2, 0.25) is 0 Å². The van der Waals surface area contributed by atoms with Crippen LogP contribution in [0, 0.1) is 5.92 Å². The van der Waals surface area contributed by atoms with Crippen molar-refractivity contribution in [2.45, 2.75) is 50.6 Å². The van der Waals surface area contributed by atoms with Gasteiger partial charge >= 0.3 is 0 Å². The number of carbonyl (C=O) groups excluding carboxylic acids is 1. The minimum absolute atomic E-state index is 0.0917. The van der Waals surface area contributed by atoms with Crippen molar-refractivity contribution in [2.24, 2.45) is 11.0 Å². The Morgan fingerprint density at radius 1 is 1.16 bits per heavy atom. The number of Topliss-reactive ketones (excluding diaryl/α,β-unsaturated/α-hetero) is 1.